The molecule has 0 aromatic carbocycles. The molecule has 2 rings (SSSR count). The highest BCUT2D eigenvalue weighted by Crippen LogP contribution is 2.12. The molecular weight excluding hydrogens is 208 g/mol. The van der Waals surface area contributed by atoms with Gasteiger partial charge in [-0.2, -0.15) is 5.10 Å². The quantitative estimate of drug-likeness (QED) is 0.766. The molecule has 0 radical (unpaired) electrons. The Bertz CT molecular complexity index is 377. The number of ether oxygens (including phenoxy) is 1. The van der Waals surface area contributed by atoms with Gasteiger partial charge in [0.2, 0.25) is 5.91 Å². The van der Waals surface area contributed by atoms with Crippen LogP contribution in [0.3, 0.4) is 0 Å². The average molecular weight is 224 g/mol. The molecule has 0 aliphatic carbocycles. The second kappa shape index (κ2) is 4.52. The van der Waals surface area contributed by atoms with Crippen LogP contribution in [-0.2, 0) is 16.1 Å². The topological polar surface area (TPSA) is 73.4 Å². The number of nitrogens with two attached hydrogens (primary N) is 1. The highest BCUT2D eigenvalue weighted by molar-refractivity contribution is 5.76. The summed E-state index contributed by atoms with van der Waals surface area (Å²) in [6, 6.07) is 1.68. The molecule has 2 N–H and O–H groups in total. The maximum absolute atomic E-state index is 11.9. The molecule has 1 aromatic heterocycles. The minimum absolute atomic E-state index is 0.0580. The van der Waals surface area contributed by atoms with Crippen LogP contribution in [0.5, 0.6) is 0 Å². The van der Waals surface area contributed by atoms with Gasteiger partial charge in [-0.05, 0) is 12.5 Å². The van der Waals surface area contributed by atoms with Crippen LogP contribution in [0.4, 0.5) is 5.82 Å². The van der Waals surface area contributed by atoms with E-state index in [2.05, 4.69) is 5.10 Å². The number of carbonyl (C=O) groups is 1. The molecule has 1 fully saturated rings. The summed E-state index contributed by atoms with van der Waals surface area (Å²) in [6.45, 7) is 1.67. The number of methoxy groups -OCH3 is 1. The van der Waals surface area contributed by atoms with Crippen LogP contribution < -0.4 is 5.73 Å². The van der Waals surface area contributed by atoms with E-state index in [9.17, 15) is 4.79 Å². The van der Waals surface area contributed by atoms with Crippen LogP contribution in [0.2, 0.25) is 0 Å². The van der Waals surface area contributed by atoms with Crippen molar-refractivity contribution in [2.45, 2.75) is 19.1 Å². The number of likely N-dealkylation sites (tertiary alicyclic amines) is 1. The van der Waals surface area contributed by atoms with Crippen LogP contribution in [0.25, 0.3) is 0 Å². The fourth-order valence-corrected chi connectivity index (χ4v) is 1.85. The van der Waals surface area contributed by atoms with Gasteiger partial charge >= 0.3 is 0 Å². The molecule has 1 atom stereocenters. The number of hydrogen-bond donors (Lipinski definition) is 1. The molecule has 0 saturated carbocycles. The van der Waals surface area contributed by atoms with E-state index in [-0.39, 0.29) is 18.6 Å². The first-order chi connectivity index (χ1) is 7.69. The Balaban J connectivity index is 1.89. The number of nitrogen functional groups attached to an aromatic ring is 1. The van der Waals surface area contributed by atoms with Crippen molar-refractivity contribution in [3.05, 3.63) is 12.3 Å². The molecule has 1 amide bonds. The van der Waals surface area contributed by atoms with Crippen molar-refractivity contribution < 1.29 is 9.53 Å². The van der Waals surface area contributed by atoms with Gasteiger partial charge in [0.15, 0.2) is 0 Å². The van der Waals surface area contributed by atoms with E-state index in [0.29, 0.717) is 12.4 Å². The maximum Gasteiger partial charge on any atom is 0.244 e. The summed E-state index contributed by atoms with van der Waals surface area (Å²) >= 11 is 0. The molecule has 1 unspecified atom stereocenters. The number of amides is 1. The normalized spacial score (nSPS) is 20.3. The molecule has 1 saturated heterocycles. The Labute approximate surface area is 94.0 Å². The maximum atomic E-state index is 11.9. The summed E-state index contributed by atoms with van der Waals surface area (Å²) in [7, 11) is 1.67. The Morgan fingerprint density at radius 3 is 3.12 bits per heavy atom. The summed E-state index contributed by atoms with van der Waals surface area (Å²) < 4.78 is 6.76. The van der Waals surface area contributed by atoms with Crippen molar-refractivity contribution in [1.82, 2.24) is 14.7 Å². The predicted molar refractivity (Wildman–Crippen MR) is 58.6 cm³/mol. The molecule has 0 bridgehead atoms. The molecule has 0 spiro atoms. The number of anilines is 1. The largest absolute Gasteiger partial charge is 0.382 e. The van der Waals surface area contributed by atoms with Gasteiger partial charge in [0, 0.05) is 26.4 Å². The van der Waals surface area contributed by atoms with Crippen molar-refractivity contribution >= 4 is 11.7 Å². The summed E-state index contributed by atoms with van der Waals surface area (Å²) in [5.41, 5.74) is 5.47. The lowest BCUT2D eigenvalue weighted by molar-refractivity contribution is -0.131. The SMILES string of the molecule is COC1CCN(C(=O)Cn2ccc(N)n2)C1. The predicted octanol–water partition coefficient (Wildman–Crippen LogP) is -0.287. The van der Waals surface area contributed by atoms with Gasteiger partial charge in [0.1, 0.15) is 12.4 Å². The molecule has 1 aromatic rings. The lowest BCUT2D eigenvalue weighted by atomic mass is 10.3. The third kappa shape index (κ3) is 2.33. The van der Waals surface area contributed by atoms with E-state index in [4.69, 9.17) is 10.5 Å². The van der Waals surface area contributed by atoms with Crippen LogP contribution in [0.1, 0.15) is 6.42 Å². The first kappa shape index (κ1) is 10.9. The molecule has 1 aliphatic heterocycles. The zero-order valence-corrected chi connectivity index (χ0v) is 9.30. The third-order valence-electron chi connectivity index (χ3n) is 2.79. The minimum atomic E-state index is 0.0580. The first-order valence-corrected chi connectivity index (χ1v) is 5.28. The third-order valence-corrected chi connectivity index (χ3v) is 2.79. The molecule has 6 nitrogen and oxygen atoms in total. The van der Waals surface area contributed by atoms with Crippen molar-refractivity contribution in [2.24, 2.45) is 0 Å². The van der Waals surface area contributed by atoms with Gasteiger partial charge in [-0.25, -0.2) is 0 Å². The summed E-state index contributed by atoms with van der Waals surface area (Å²) in [5, 5.41) is 3.98. The van der Waals surface area contributed by atoms with Gasteiger partial charge in [-0.15, -0.1) is 0 Å². The van der Waals surface area contributed by atoms with Gasteiger partial charge in [-0.1, -0.05) is 0 Å². The van der Waals surface area contributed by atoms with Gasteiger partial charge in [0.05, 0.1) is 6.10 Å². The molecule has 16 heavy (non-hydrogen) atoms. The smallest absolute Gasteiger partial charge is 0.244 e. The molecule has 6 heteroatoms. The van der Waals surface area contributed by atoms with E-state index in [0.717, 1.165) is 13.0 Å². The average Bonchev–Trinajstić information content (AvgIpc) is 2.87. The fraction of sp³-hybridized carbons (Fsp3) is 0.600. The summed E-state index contributed by atoms with van der Waals surface area (Å²) in [6.07, 6.45) is 2.78. The van der Waals surface area contributed by atoms with Crippen molar-refractivity contribution in [3.63, 3.8) is 0 Å². The lowest BCUT2D eigenvalue weighted by Gasteiger charge is -2.15. The number of hydrogen-bond acceptors (Lipinski definition) is 4. The minimum Gasteiger partial charge on any atom is -0.382 e. The van der Waals surface area contributed by atoms with Crippen molar-refractivity contribution in [3.8, 4) is 0 Å². The zero-order chi connectivity index (χ0) is 11.5. The number of rotatable bonds is 3. The van der Waals surface area contributed by atoms with Crippen molar-refractivity contribution in [1.29, 1.82) is 0 Å². The number of carbonyl (C=O) groups excluding carboxylic acids is 1. The number of aromatic nitrogens is 2. The van der Waals surface area contributed by atoms with Gasteiger partial charge in [-0.3, -0.25) is 9.48 Å². The molecule has 1 aliphatic rings. The highest BCUT2D eigenvalue weighted by Gasteiger charge is 2.25. The fourth-order valence-electron chi connectivity index (χ4n) is 1.85. The monoisotopic (exact) mass is 224 g/mol. The van der Waals surface area contributed by atoms with E-state index in [1.54, 1.807) is 29.0 Å². The van der Waals surface area contributed by atoms with Crippen LogP contribution >= 0.6 is 0 Å². The molecule has 2 heterocycles. The Morgan fingerprint density at radius 1 is 1.75 bits per heavy atom. The second-order valence-electron chi connectivity index (χ2n) is 3.92. The summed E-state index contributed by atoms with van der Waals surface area (Å²) in [5.74, 6) is 0.492. The van der Waals surface area contributed by atoms with E-state index >= 15 is 0 Å². The Hall–Kier alpha value is -1.56. The van der Waals surface area contributed by atoms with E-state index in [1.807, 2.05) is 0 Å². The first-order valence-electron chi connectivity index (χ1n) is 5.28. The second-order valence-corrected chi connectivity index (χ2v) is 3.92. The molecule has 88 valence electrons. The van der Waals surface area contributed by atoms with Gasteiger partial charge < -0.3 is 15.4 Å². The van der Waals surface area contributed by atoms with Crippen molar-refractivity contribution in [2.75, 3.05) is 25.9 Å². The van der Waals surface area contributed by atoms with Gasteiger partial charge in [0.25, 0.3) is 0 Å². The molecular formula is C10H16N4O2. The zero-order valence-electron chi connectivity index (χ0n) is 9.30. The lowest BCUT2D eigenvalue weighted by Crippen LogP contribution is -2.33. The Kier molecular flexibility index (Phi) is 3.09. The van der Waals surface area contributed by atoms with Crippen LogP contribution in [0, 0.1) is 0 Å². The summed E-state index contributed by atoms with van der Waals surface area (Å²) in [4.78, 5) is 13.7. The van der Waals surface area contributed by atoms with Crippen LogP contribution in [-0.4, -0.2) is 46.9 Å². The highest BCUT2D eigenvalue weighted by atomic mass is 16.5. The standard InChI is InChI=1S/C10H16N4O2/c1-16-8-2-4-13(6-8)10(15)7-14-5-3-9(11)12-14/h3,5,8H,2,4,6-7H2,1H3,(H2,11,12). The van der Waals surface area contributed by atoms with E-state index < -0.39 is 0 Å². The Morgan fingerprint density at radius 2 is 2.56 bits per heavy atom. The number of nitrogens with zero attached hydrogens (tertiary/aromatic N) is 3. The van der Waals surface area contributed by atoms with E-state index in [1.165, 1.54) is 0 Å². The van der Waals surface area contributed by atoms with Crippen LogP contribution in [0.15, 0.2) is 12.3 Å².